The van der Waals surface area contributed by atoms with Crippen LogP contribution in [-0.4, -0.2) is 5.54 Å². The van der Waals surface area contributed by atoms with Gasteiger partial charge in [-0.15, -0.1) is 0 Å². The highest BCUT2D eigenvalue weighted by Crippen LogP contribution is 2.53. The molecule has 0 aromatic heterocycles. The molecule has 2 fully saturated rings. The highest BCUT2D eigenvalue weighted by Gasteiger charge is 2.51. The average molecular weight is 181 g/mol. The van der Waals surface area contributed by atoms with Gasteiger partial charge in [0.15, 0.2) is 0 Å². The smallest absolute Gasteiger partial charge is 0.0214 e. The number of hydrogen-bond acceptors (Lipinski definition) is 1. The van der Waals surface area contributed by atoms with E-state index in [0.29, 0.717) is 0 Å². The van der Waals surface area contributed by atoms with Gasteiger partial charge in [-0.25, -0.2) is 0 Å². The monoisotopic (exact) mass is 181 g/mol. The second-order valence-corrected chi connectivity index (χ2v) is 5.21. The minimum Gasteiger partial charge on any atom is -0.325 e. The van der Waals surface area contributed by atoms with Crippen LogP contribution in [0.1, 0.15) is 52.4 Å². The maximum absolute atomic E-state index is 6.61. The van der Waals surface area contributed by atoms with Crippen molar-refractivity contribution in [2.75, 3.05) is 0 Å². The van der Waals surface area contributed by atoms with Gasteiger partial charge in [0, 0.05) is 5.54 Å². The van der Waals surface area contributed by atoms with Gasteiger partial charge in [-0.1, -0.05) is 33.1 Å². The van der Waals surface area contributed by atoms with Crippen LogP contribution < -0.4 is 5.73 Å². The van der Waals surface area contributed by atoms with Crippen LogP contribution in [0.15, 0.2) is 0 Å². The molecule has 0 heterocycles. The van der Waals surface area contributed by atoms with E-state index in [1.807, 2.05) is 0 Å². The van der Waals surface area contributed by atoms with Crippen LogP contribution in [0.25, 0.3) is 0 Å². The topological polar surface area (TPSA) is 26.0 Å². The molecular formula is C12H23N. The Balaban J connectivity index is 2.11. The second-order valence-electron chi connectivity index (χ2n) is 5.21. The van der Waals surface area contributed by atoms with Crippen molar-refractivity contribution in [2.24, 2.45) is 23.5 Å². The lowest BCUT2D eigenvalue weighted by atomic mass is 9.70. The van der Waals surface area contributed by atoms with Crippen molar-refractivity contribution < 1.29 is 0 Å². The first-order valence-electron chi connectivity index (χ1n) is 5.99. The van der Waals surface area contributed by atoms with Crippen LogP contribution in [0.2, 0.25) is 0 Å². The first-order chi connectivity index (χ1) is 6.20. The van der Waals surface area contributed by atoms with Crippen molar-refractivity contribution in [3.05, 3.63) is 0 Å². The molecule has 2 bridgehead atoms. The van der Waals surface area contributed by atoms with Gasteiger partial charge in [0.25, 0.3) is 0 Å². The normalized spacial score (nSPS) is 43.4. The Labute approximate surface area is 82.1 Å². The van der Waals surface area contributed by atoms with E-state index in [-0.39, 0.29) is 5.54 Å². The Hall–Kier alpha value is -0.0400. The molecule has 1 heteroatoms. The van der Waals surface area contributed by atoms with E-state index >= 15 is 0 Å². The van der Waals surface area contributed by atoms with E-state index < -0.39 is 0 Å². The van der Waals surface area contributed by atoms with E-state index in [0.717, 1.165) is 17.8 Å². The minimum atomic E-state index is 0.229. The summed E-state index contributed by atoms with van der Waals surface area (Å²) in [5.41, 5.74) is 6.84. The fourth-order valence-electron chi connectivity index (χ4n) is 3.96. The van der Waals surface area contributed by atoms with Gasteiger partial charge in [0.1, 0.15) is 0 Å². The fourth-order valence-corrected chi connectivity index (χ4v) is 3.96. The van der Waals surface area contributed by atoms with Crippen molar-refractivity contribution in [3.63, 3.8) is 0 Å². The first kappa shape index (κ1) is 9.51. The summed E-state index contributed by atoms with van der Waals surface area (Å²) in [7, 11) is 0. The molecule has 0 saturated heterocycles. The number of hydrogen-bond donors (Lipinski definition) is 1. The van der Waals surface area contributed by atoms with Crippen LogP contribution in [0, 0.1) is 17.8 Å². The lowest BCUT2D eigenvalue weighted by Crippen LogP contribution is -2.51. The largest absolute Gasteiger partial charge is 0.325 e. The SMILES string of the molecule is CCC(CC)C1(N)CC2CCC1C2. The summed E-state index contributed by atoms with van der Waals surface area (Å²) in [4.78, 5) is 0. The zero-order valence-electron chi connectivity index (χ0n) is 9.05. The molecule has 3 unspecified atom stereocenters. The summed E-state index contributed by atoms with van der Waals surface area (Å²) < 4.78 is 0. The van der Waals surface area contributed by atoms with Crippen LogP contribution in [-0.2, 0) is 0 Å². The van der Waals surface area contributed by atoms with Crippen LogP contribution in [0.4, 0.5) is 0 Å². The van der Waals surface area contributed by atoms with E-state index in [4.69, 9.17) is 5.73 Å². The van der Waals surface area contributed by atoms with Gasteiger partial charge in [0.05, 0.1) is 0 Å². The lowest BCUT2D eigenvalue weighted by Gasteiger charge is -2.40. The molecule has 3 atom stereocenters. The third-order valence-electron chi connectivity index (χ3n) is 4.69. The summed E-state index contributed by atoms with van der Waals surface area (Å²) in [6.07, 6.45) is 8.19. The maximum Gasteiger partial charge on any atom is 0.0214 e. The molecule has 0 aliphatic heterocycles. The molecular weight excluding hydrogens is 158 g/mol. The summed E-state index contributed by atoms with van der Waals surface area (Å²) in [5.74, 6) is 2.63. The summed E-state index contributed by atoms with van der Waals surface area (Å²) >= 11 is 0. The van der Waals surface area contributed by atoms with Crippen molar-refractivity contribution in [2.45, 2.75) is 57.9 Å². The molecule has 2 saturated carbocycles. The molecule has 1 nitrogen and oxygen atoms in total. The van der Waals surface area contributed by atoms with E-state index in [1.54, 1.807) is 0 Å². The summed E-state index contributed by atoms with van der Waals surface area (Å²) in [5, 5.41) is 0. The zero-order valence-corrected chi connectivity index (χ0v) is 9.05. The molecule has 0 aromatic rings. The highest BCUT2D eigenvalue weighted by atomic mass is 14.8. The molecule has 0 spiro atoms. The molecule has 2 rings (SSSR count). The predicted molar refractivity (Wildman–Crippen MR) is 56.4 cm³/mol. The van der Waals surface area contributed by atoms with Crippen molar-refractivity contribution in [3.8, 4) is 0 Å². The third kappa shape index (κ3) is 1.32. The average Bonchev–Trinajstić information content (AvgIpc) is 2.65. The third-order valence-corrected chi connectivity index (χ3v) is 4.69. The van der Waals surface area contributed by atoms with Crippen LogP contribution in [0.3, 0.4) is 0 Å². The Morgan fingerprint density at radius 2 is 2.00 bits per heavy atom. The standard InChI is InChI=1S/C12H23N/c1-3-10(4-2)12(13)8-9-5-6-11(12)7-9/h9-11H,3-8,13H2,1-2H3. The van der Waals surface area contributed by atoms with Crippen LogP contribution >= 0.6 is 0 Å². The van der Waals surface area contributed by atoms with E-state index in [1.165, 1.54) is 38.5 Å². The lowest BCUT2D eigenvalue weighted by molar-refractivity contribution is 0.165. The first-order valence-corrected chi connectivity index (χ1v) is 5.99. The quantitative estimate of drug-likeness (QED) is 0.711. The zero-order chi connectivity index (χ0) is 9.47. The Kier molecular flexibility index (Phi) is 2.39. The summed E-state index contributed by atoms with van der Waals surface area (Å²) in [6, 6.07) is 0. The van der Waals surface area contributed by atoms with Gasteiger partial charge < -0.3 is 5.73 Å². The maximum atomic E-state index is 6.61. The highest BCUT2D eigenvalue weighted by molar-refractivity contribution is 5.07. The van der Waals surface area contributed by atoms with Gasteiger partial charge in [-0.2, -0.15) is 0 Å². The van der Waals surface area contributed by atoms with E-state index in [2.05, 4.69) is 13.8 Å². The molecule has 2 aliphatic carbocycles. The van der Waals surface area contributed by atoms with Gasteiger partial charge in [-0.3, -0.25) is 0 Å². The van der Waals surface area contributed by atoms with Gasteiger partial charge in [-0.05, 0) is 37.0 Å². The number of rotatable bonds is 3. The molecule has 76 valence electrons. The van der Waals surface area contributed by atoms with E-state index in [9.17, 15) is 0 Å². The molecule has 0 aromatic carbocycles. The number of nitrogens with two attached hydrogens (primary N) is 1. The fraction of sp³-hybridized carbons (Fsp3) is 1.00. The second kappa shape index (κ2) is 3.27. The molecule has 2 aliphatic rings. The summed E-state index contributed by atoms with van der Waals surface area (Å²) in [6.45, 7) is 4.60. The molecule has 13 heavy (non-hydrogen) atoms. The predicted octanol–water partition coefficient (Wildman–Crippen LogP) is 2.94. The van der Waals surface area contributed by atoms with Gasteiger partial charge in [0.2, 0.25) is 0 Å². The number of fused-ring (bicyclic) bond motifs is 2. The van der Waals surface area contributed by atoms with Gasteiger partial charge >= 0.3 is 0 Å². The van der Waals surface area contributed by atoms with Crippen molar-refractivity contribution in [1.29, 1.82) is 0 Å². The molecule has 2 N–H and O–H groups in total. The Morgan fingerprint density at radius 3 is 2.38 bits per heavy atom. The molecule has 0 radical (unpaired) electrons. The Morgan fingerprint density at radius 1 is 1.31 bits per heavy atom. The molecule has 0 amide bonds. The van der Waals surface area contributed by atoms with Crippen molar-refractivity contribution >= 4 is 0 Å². The van der Waals surface area contributed by atoms with Crippen molar-refractivity contribution in [1.82, 2.24) is 0 Å². The minimum absolute atomic E-state index is 0.229. The Bertz CT molecular complexity index is 186. The van der Waals surface area contributed by atoms with Crippen LogP contribution in [0.5, 0.6) is 0 Å².